The molecule has 9 heteroatoms. The third-order valence-corrected chi connectivity index (χ3v) is 2.47. The SMILES string of the molecule is CC(C)(C)OC(=O)N(CC(=O)O)c1ccc(F)c(C(F)(F)F)c1. The van der Waals surface area contributed by atoms with Gasteiger partial charge in [-0.1, -0.05) is 0 Å². The van der Waals surface area contributed by atoms with E-state index in [4.69, 9.17) is 9.84 Å². The first-order valence-electron chi connectivity index (χ1n) is 6.40. The van der Waals surface area contributed by atoms with E-state index in [1.807, 2.05) is 0 Å². The molecule has 0 aromatic heterocycles. The van der Waals surface area contributed by atoms with Crippen LogP contribution < -0.4 is 4.90 Å². The van der Waals surface area contributed by atoms with Crippen LogP contribution in [0.2, 0.25) is 0 Å². The third kappa shape index (κ3) is 5.42. The lowest BCUT2D eigenvalue weighted by Crippen LogP contribution is -2.40. The molecule has 1 aromatic carbocycles. The number of rotatable bonds is 3. The fourth-order valence-corrected chi connectivity index (χ4v) is 1.61. The largest absolute Gasteiger partial charge is 0.480 e. The van der Waals surface area contributed by atoms with Crippen molar-refractivity contribution in [2.75, 3.05) is 11.4 Å². The zero-order valence-corrected chi connectivity index (χ0v) is 12.6. The van der Waals surface area contributed by atoms with Crippen molar-refractivity contribution in [2.24, 2.45) is 0 Å². The highest BCUT2D eigenvalue weighted by Gasteiger charge is 2.35. The van der Waals surface area contributed by atoms with E-state index < -0.39 is 47.5 Å². The van der Waals surface area contributed by atoms with Crippen LogP contribution in [0.4, 0.5) is 28.0 Å². The molecule has 0 aliphatic rings. The third-order valence-electron chi connectivity index (χ3n) is 2.47. The molecular weight excluding hydrogens is 322 g/mol. The van der Waals surface area contributed by atoms with E-state index in [0.29, 0.717) is 17.0 Å². The molecule has 0 saturated heterocycles. The van der Waals surface area contributed by atoms with Gasteiger partial charge < -0.3 is 9.84 Å². The molecule has 0 atom stereocenters. The summed E-state index contributed by atoms with van der Waals surface area (Å²) in [6.45, 7) is 3.60. The summed E-state index contributed by atoms with van der Waals surface area (Å²) in [5.41, 5.74) is -3.02. The van der Waals surface area contributed by atoms with Gasteiger partial charge in [0.1, 0.15) is 18.0 Å². The molecule has 0 spiro atoms. The van der Waals surface area contributed by atoms with Crippen molar-refractivity contribution in [3.8, 4) is 0 Å². The van der Waals surface area contributed by atoms with Gasteiger partial charge in [-0.3, -0.25) is 9.69 Å². The maximum Gasteiger partial charge on any atom is 0.419 e. The number of anilines is 1. The minimum absolute atomic E-state index is 0.363. The Balaban J connectivity index is 3.28. The summed E-state index contributed by atoms with van der Waals surface area (Å²) >= 11 is 0. The summed E-state index contributed by atoms with van der Waals surface area (Å²) in [7, 11) is 0. The van der Waals surface area contributed by atoms with Gasteiger partial charge in [-0.25, -0.2) is 9.18 Å². The van der Waals surface area contributed by atoms with Gasteiger partial charge in [0.05, 0.1) is 5.56 Å². The van der Waals surface area contributed by atoms with Crippen molar-refractivity contribution in [3.05, 3.63) is 29.6 Å². The molecule has 23 heavy (non-hydrogen) atoms. The summed E-state index contributed by atoms with van der Waals surface area (Å²) in [6, 6.07) is 1.75. The van der Waals surface area contributed by atoms with Crippen LogP contribution in [0.5, 0.6) is 0 Å². The van der Waals surface area contributed by atoms with Crippen LogP contribution in [0.25, 0.3) is 0 Å². The van der Waals surface area contributed by atoms with Crippen molar-refractivity contribution >= 4 is 17.7 Å². The number of carboxylic acids is 1. The van der Waals surface area contributed by atoms with Gasteiger partial charge in [-0.05, 0) is 39.0 Å². The Hall–Kier alpha value is -2.32. The molecule has 1 aromatic rings. The van der Waals surface area contributed by atoms with Gasteiger partial charge in [-0.15, -0.1) is 0 Å². The molecule has 1 N–H and O–H groups in total. The van der Waals surface area contributed by atoms with E-state index >= 15 is 0 Å². The first kappa shape index (κ1) is 18.7. The number of aliphatic carboxylic acids is 1. The van der Waals surface area contributed by atoms with Crippen LogP contribution in [0.15, 0.2) is 18.2 Å². The van der Waals surface area contributed by atoms with Crippen molar-refractivity contribution in [1.29, 1.82) is 0 Å². The average molecular weight is 337 g/mol. The van der Waals surface area contributed by atoms with Crippen LogP contribution in [0, 0.1) is 5.82 Å². The molecular formula is C14H15F4NO4. The van der Waals surface area contributed by atoms with Gasteiger partial charge in [-0.2, -0.15) is 13.2 Å². The lowest BCUT2D eigenvalue weighted by atomic mass is 10.1. The Kier molecular flexibility index (Phi) is 5.24. The summed E-state index contributed by atoms with van der Waals surface area (Å²) in [4.78, 5) is 23.4. The second-order valence-electron chi connectivity index (χ2n) is 5.62. The number of halogens is 4. The van der Waals surface area contributed by atoms with Crippen LogP contribution in [-0.2, 0) is 15.7 Å². The molecule has 0 saturated carbocycles. The number of amides is 1. The van der Waals surface area contributed by atoms with Gasteiger partial charge in [0, 0.05) is 5.69 Å². The molecule has 0 unspecified atom stereocenters. The maximum atomic E-state index is 13.3. The van der Waals surface area contributed by atoms with Gasteiger partial charge in [0.25, 0.3) is 0 Å². The van der Waals surface area contributed by atoms with Crippen molar-refractivity contribution in [2.45, 2.75) is 32.5 Å². The van der Waals surface area contributed by atoms with E-state index in [1.165, 1.54) is 20.8 Å². The Morgan fingerprint density at radius 2 is 1.78 bits per heavy atom. The Morgan fingerprint density at radius 3 is 2.22 bits per heavy atom. The molecule has 0 fully saturated rings. The molecule has 0 aliphatic heterocycles. The lowest BCUT2D eigenvalue weighted by molar-refractivity contribution is -0.140. The molecule has 0 bridgehead atoms. The van der Waals surface area contributed by atoms with Crippen LogP contribution in [0.3, 0.4) is 0 Å². The monoisotopic (exact) mass is 337 g/mol. The number of carbonyl (C=O) groups excluding carboxylic acids is 1. The highest BCUT2D eigenvalue weighted by Crippen LogP contribution is 2.34. The smallest absolute Gasteiger partial charge is 0.419 e. The standard InChI is InChI=1S/C14H15F4NO4/c1-13(2,3)23-12(22)19(7-11(20)21)8-4-5-10(15)9(6-8)14(16,17)18/h4-6H,7H2,1-3H3,(H,20,21). The number of carbonyl (C=O) groups is 2. The summed E-state index contributed by atoms with van der Waals surface area (Å²) in [5, 5.41) is 8.83. The highest BCUT2D eigenvalue weighted by atomic mass is 19.4. The maximum absolute atomic E-state index is 13.3. The number of ether oxygens (including phenoxy) is 1. The molecule has 1 amide bonds. The second kappa shape index (κ2) is 6.43. The summed E-state index contributed by atoms with van der Waals surface area (Å²) < 4.78 is 56.5. The Labute approximate surface area is 129 Å². The van der Waals surface area contributed by atoms with Crippen LogP contribution in [0.1, 0.15) is 26.3 Å². The van der Waals surface area contributed by atoms with E-state index in [2.05, 4.69) is 0 Å². The van der Waals surface area contributed by atoms with Crippen molar-refractivity contribution in [1.82, 2.24) is 0 Å². The summed E-state index contributed by atoms with van der Waals surface area (Å²) in [6.07, 6.45) is -6.14. The first-order valence-corrected chi connectivity index (χ1v) is 6.40. The first-order chi connectivity index (χ1) is 10.3. The van der Waals surface area contributed by atoms with Gasteiger partial charge in [0.2, 0.25) is 0 Å². The number of carboxylic acid groups (broad SMARTS) is 1. The van der Waals surface area contributed by atoms with Crippen LogP contribution >= 0.6 is 0 Å². The van der Waals surface area contributed by atoms with E-state index in [1.54, 1.807) is 0 Å². The minimum atomic E-state index is -4.98. The summed E-state index contributed by atoms with van der Waals surface area (Å²) in [5.74, 6) is -2.99. The number of benzene rings is 1. The topological polar surface area (TPSA) is 66.8 Å². The Morgan fingerprint density at radius 1 is 1.22 bits per heavy atom. The van der Waals surface area contributed by atoms with Gasteiger partial charge in [0.15, 0.2) is 0 Å². The Bertz CT molecular complexity index is 608. The number of hydrogen-bond acceptors (Lipinski definition) is 3. The molecule has 5 nitrogen and oxygen atoms in total. The molecule has 128 valence electrons. The predicted octanol–water partition coefficient (Wildman–Crippen LogP) is 3.67. The molecule has 1 rings (SSSR count). The molecule has 0 radical (unpaired) electrons. The zero-order valence-electron chi connectivity index (χ0n) is 12.6. The van der Waals surface area contributed by atoms with E-state index in [-0.39, 0.29) is 0 Å². The predicted molar refractivity (Wildman–Crippen MR) is 72.6 cm³/mol. The fraction of sp³-hybridized carbons (Fsp3) is 0.429. The number of alkyl halides is 3. The van der Waals surface area contributed by atoms with E-state index in [9.17, 15) is 27.2 Å². The number of nitrogens with zero attached hydrogens (tertiary/aromatic N) is 1. The zero-order chi connectivity index (χ0) is 18.0. The number of hydrogen-bond donors (Lipinski definition) is 1. The normalized spacial score (nSPS) is 12.0. The fourth-order valence-electron chi connectivity index (χ4n) is 1.61. The quantitative estimate of drug-likeness (QED) is 0.855. The van der Waals surface area contributed by atoms with Crippen molar-refractivity contribution in [3.63, 3.8) is 0 Å². The second-order valence-corrected chi connectivity index (χ2v) is 5.62. The van der Waals surface area contributed by atoms with Gasteiger partial charge >= 0.3 is 18.2 Å². The highest BCUT2D eigenvalue weighted by molar-refractivity contribution is 5.93. The van der Waals surface area contributed by atoms with Crippen LogP contribution in [-0.4, -0.2) is 29.3 Å². The van der Waals surface area contributed by atoms with E-state index in [0.717, 1.165) is 6.07 Å². The minimum Gasteiger partial charge on any atom is -0.480 e. The molecule has 0 heterocycles. The average Bonchev–Trinajstić information content (AvgIpc) is 2.33. The lowest BCUT2D eigenvalue weighted by Gasteiger charge is -2.26. The van der Waals surface area contributed by atoms with Crippen molar-refractivity contribution < 1.29 is 37.0 Å². The molecule has 0 aliphatic carbocycles.